The number of nitrogens with zero attached hydrogens (tertiary/aromatic N) is 3. The van der Waals surface area contributed by atoms with Crippen LogP contribution in [0.3, 0.4) is 0 Å². The van der Waals surface area contributed by atoms with Gasteiger partial charge in [-0.05, 0) is 53.9 Å². The standard InChI is InChI=1S/C27H30ClN3O3/c1-26(2)12-20-13-27(3,16-26)17-31(20)23(32)15-30-22-11-19(28)9-10-21(22)29(24(33)25(30)34)14-18-7-5-4-6-8-18/h4-11,20H,12-17H2,1-3H3/t20-,27+/m0/s1. The van der Waals surface area contributed by atoms with E-state index >= 15 is 0 Å². The van der Waals surface area contributed by atoms with Crippen LogP contribution < -0.4 is 11.1 Å². The van der Waals surface area contributed by atoms with Crippen LogP contribution in [-0.4, -0.2) is 32.5 Å². The van der Waals surface area contributed by atoms with Crippen LogP contribution in [0, 0.1) is 10.8 Å². The van der Waals surface area contributed by atoms with E-state index in [1.807, 2.05) is 35.2 Å². The molecule has 2 bridgehead atoms. The predicted molar refractivity (Wildman–Crippen MR) is 134 cm³/mol. The SMILES string of the molecule is CC1(C)C[C@H]2C[C@@](C)(CN2C(=O)Cn2c(=O)c(=O)n(Cc3ccccc3)c3ccc(Cl)cc32)C1. The minimum Gasteiger partial charge on any atom is -0.338 e. The maximum Gasteiger partial charge on any atom is 0.317 e. The number of carbonyl (C=O) groups is 1. The summed E-state index contributed by atoms with van der Waals surface area (Å²) in [4.78, 5) is 41.9. The van der Waals surface area contributed by atoms with E-state index in [1.165, 1.54) is 9.13 Å². The Labute approximate surface area is 203 Å². The van der Waals surface area contributed by atoms with E-state index in [2.05, 4.69) is 20.8 Å². The van der Waals surface area contributed by atoms with Crippen LogP contribution in [0.2, 0.25) is 5.02 Å². The number of carbonyl (C=O) groups excluding carboxylic acids is 1. The largest absolute Gasteiger partial charge is 0.338 e. The first-order valence-corrected chi connectivity index (χ1v) is 12.2. The van der Waals surface area contributed by atoms with Gasteiger partial charge in [-0.25, -0.2) is 0 Å². The Morgan fingerprint density at radius 3 is 2.41 bits per heavy atom. The maximum absolute atomic E-state index is 13.5. The van der Waals surface area contributed by atoms with Crippen molar-refractivity contribution in [3.63, 3.8) is 0 Å². The third-order valence-electron chi connectivity index (χ3n) is 7.40. The van der Waals surface area contributed by atoms with Crippen LogP contribution >= 0.6 is 11.6 Å². The van der Waals surface area contributed by atoms with Crippen LogP contribution in [0.25, 0.3) is 11.0 Å². The normalized spacial score (nSPS) is 23.4. The van der Waals surface area contributed by atoms with Gasteiger partial charge in [0.1, 0.15) is 6.54 Å². The summed E-state index contributed by atoms with van der Waals surface area (Å²) < 4.78 is 2.78. The lowest BCUT2D eigenvalue weighted by atomic mass is 9.65. The zero-order chi connectivity index (χ0) is 24.3. The zero-order valence-electron chi connectivity index (χ0n) is 19.9. The van der Waals surface area contributed by atoms with Crippen LogP contribution in [0.5, 0.6) is 0 Å². The Balaban J connectivity index is 1.54. The Morgan fingerprint density at radius 1 is 0.971 bits per heavy atom. The molecule has 1 aromatic heterocycles. The number of fused-ring (bicyclic) bond motifs is 3. The summed E-state index contributed by atoms with van der Waals surface area (Å²) in [5.41, 5.74) is 0.926. The fourth-order valence-corrected chi connectivity index (χ4v) is 6.61. The van der Waals surface area contributed by atoms with Gasteiger partial charge in [0.05, 0.1) is 17.6 Å². The van der Waals surface area contributed by atoms with Gasteiger partial charge in [-0.15, -0.1) is 0 Å². The van der Waals surface area contributed by atoms with Gasteiger partial charge >= 0.3 is 11.1 Å². The highest BCUT2D eigenvalue weighted by molar-refractivity contribution is 6.31. The lowest BCUT2D eigenvalue weighted by Crippen LogP contribution is -2.45. The Hall–Kier alpha value is -2.86. The first-order chi connectivity index (χ1) is 16.1. The first kappa shape index (κ1) is 22.9. The van der Waals surface area contributed by atoms with Gasteiger partial charge in [-0.3, -0.25) is 23.5 Å². The molecule has 2 heterocycles. The van der Waals surface area contributed by atoms with Crippen LogP contribution in [0.1, 0.15) is 45.6 Å². The molecule has 2 fully saturated rings. The molecular formula is C27H30ClN3O3. The summed E-state index contributed by atoms with van der Waals surface area (Å²) in [6.45, 7) is 7.57. The van der Waals surface area contributed by atoms with Gasteiger partial charge in [0.15, 0.2) is 0 Å². The van der Waals surface area contributed by atoms with Gasteiger partial charge in [0.25, 0.3) is 0 Å². The van der Waals surface area contributed by atoms with Crippen molar-refractivity contribution in [2.24, 2.45) is 10.8 Å². The molecule has 6 nitrogen and oxygen atoms in total. The number of hydrogen-bond acceptors (Lipinski definition) is 3. The molecule has 1 saturated heterocycles. The van der Waals surface area contributed by atoms with E-state index in [1.54, 1.807) is 18.2 Å². The fourth-order valence-electron chi connectivity index (χ4n) is 6.45. The van der Waals surface area contributed by atoms with Crippen molar-refractivity contribution in [1.29, 1.82) is 0 Å². The highest BCUT2D eigenvalue weighted by Crippen LogP contribution is 2.52. The minimum atomic E-state index is -0.701. The van der Waals surface area contributed by atoms with Crippen molar-refractivity contribution in [3.05, 3.63) is 79.8 Å². The van der Waals surface area contributed by atoms with Crippen molar-refractivity contribution < 1.29 is 4.79 Å². The zero-order valence-corrected chi connectivity index (χ0v) is 20.6. The lowest BCUT2D eigenvalue weighted by molar-refractivity contribution is -0.133. The second kappa shape index (κ2) is 8.12. The number of likely N-dealkylation sites (tertiary alicyclic amines) is 1. The predicted octanol–water partition coefficient (Wildman–Crippen LogP) is 4.29. The van der Waals surface area contributed by atoms with E-state index in [4.69, 9.17) is 11.6 Å². The van der Waals surface area contributed by atoms with Gasteiger partial charge < -0.3 is 4.90 Å². The van der Waals surface area contributed by atoms with E-state index < -0.39 is 11.1 Å². The summed E-state index contributed by atoms with van der Waals surface area (Å²) in [5.74, 6) is -0.116. The van der Waals surface area contributed by atoms with E-state index in [-0.39, 0.29) is 35.9 Å². The average molecular weight is 480 g/mol. The number of amides is 1. The van der Waals surface area contributed by atoms with Crippen molar-refractivity contribution in [2.45, 2.75) is 59.2 Å². The lowest BCUT2D eigenvalue weighted by Gasteiger charge is -2.39. The van der Waals surface area contributed by atoms with Crippen molar-refractivity contribution in [2.75, 3.05) is 6.54 Å². The number of benzene rings is 2. The average Bonchev–Trinajstić information content (AvgIpc) is 3.03. The molecule has 0 spiro atoms. The molecule has 2 aliphatic rings. The van der Waals surface area contributed by atoms with E-state index in [0.29, 0.717) is 22.6 Å². The number of halogens is 1. The first-order valence-electron chi connectivity index (χ1n) is 11.8. The van der Waals surface area contributed by atoms with Crippen LogP contribution in [0.4, 0.5) is 0 Å². The third-order valence-corrected chi connectivity index (χ3v) is 7.64. The van der Waals surface area contributed by atoms with Gasteiger partial charge in [-0.2, -0.15) is 0 Å². The van der Waals surface area contributed by atoms with Gasteiger partial charge in [0, 0.05) is 17.6 Å². The molecule has 34 heavy (non-hydrogen) atoms. The summed E-state index contributed by atoms with van der Waals surface area (Å²) in [5, 5.41) is 0.448. The Bertz CT molecular complexity index is 1390. The van der Waals surface area contributed by atoms with E-state index in [0.717, 1.165) is 24.8 Å². The monoisotopic (exact) mass is 479 g/mol. The van der Waals surface area contributed by atoms with Crippen LogP contribution in [0.15, 0.2) is 58.1 Å². The van der Waals surface area contributed by atoms with Crippen LogP contribution in [-0.2, 0) is 17.9 Å². The fraction of sp³-hybridized carbons (Fsp3) is 0.444. The smallest absolute Gasteiger partial charge is 0.317 e. The summed E-state index contributed by atoms with van der Waals surface area (Å²) in [6, 6.07) is 14.8. The molecule has 1 aliphatic carbocycles. The second-order valence-corrected chi connectivity index (χ2v) is 11.6. The summed E-state index contributed by atoms with van der Waals surface area (Å²) in [7, 11) is 0. The highest BCUT2D eigenvalue weighted by Gasteiger charge is 2.50. The van der Waals surface area contributed by atoms with Crippen molar-refractivity contribution in [3.8, 4) is 0 Å². The molecule has 1 saturated carbocycles. The molecule has 2 aromatic carbocycles. The minimum absolute atomic E-state index is 0.0947. The number of rotatable bonds is 4. The van der Waals surface area contributed by atoms with Crippen molar-refractivity contribution >= 4 is 28.5 Å². The molecule has 3 aromatic rings. The summed E-state index contributed by atoms with van der Waals surface area (Å²) in [6.07, 6.45) is 3.02. The number of aromatic nitrogens is 2. The molecule has 0 radical (unpaired) electrons. The van der Waals surface area contributed by atoms with E-state index in [9.17, 15) is 14.4 Å². The molecule has 7 heteroatoms. The van der Waals surface area contributed by atoms with Gasteiger partial charge in [0.2, 0.25) is 5.91 Å². The molecule has 0 N–H and O–H groups in total. The molecular weight excluding hydrogens is 450 g/mol. The molecule has 1 aliphatic heterocycles. The molecule has 178 valence electrons. The molecule has 0 unspecified atom stereocenters. The second-order valence-electron chi connectivity index (χ2n) is 11.1. The van der Waals surface area contributed by atoms with Gasteiger partial charge in [-0.1, -0.05) is 62.7 Å². The Kier molecular flexibility index (Phi) is 5.47. The molecule has 5 rings (SSSR count). The van der Waals surface area contributed by atoms with Crippen molar-refractivity contribution in [1.82, 2.24) is 14.0 Å². The number of hydrogen-bond donors (Lipinski definition) is 0. The maximum atomic E-state index is 13.5. The molecule has 1 amide bonds. The third kappa shape index (κ3) is 4.09. The highest BCUT2D eigenvalue weighted by atomic mass is 35.5. The Morgan fingerprint density at radius 2 is 1.68 bits per heavy atom. The topological polar surface area (TPSA) is 64.3 Å². The quantitative estimate of drug-likeness (QED) is 0.524. The molecule has 2 atom stereocenters. The summed E-state index contributed by atoms with van der Waals surface area (Å²) >= 11 is 6.28.